The van der Waals surface area contributed by atoms with E-state index in [1.54, 1.807) is 18.2 Å². The summed E-state index contributed by atoms with van der Waals surface area (Å²) in [7, 11) is 0. The van der Waals surface area contributed by atoms with Crippen LogP contribution in [-0.4, -0.2) is 27.3 Å². The molecular formula is C16H10N2O4S. The lowest BCUT2D eigenvalue weighted by atomic mass is 10.1. The van der Waals surface area contributed by atoms with Gasteiger partial charge in [-0.25, -0.2) is 14.8 Å². The zero-order valence-electron chi connectivity index (χ0n) is 11.9. The highest BCUT2D eigenvalue weighted by atomic mass is 32.2. The molecule has 0 aliphatic carbocycles. The Hall–Kier alpha value is -2.80. The first-order valence-corrected chi connectivity index (χ1v) is 7.95. The van der Waals surface area contributed by atoms with Crippen LogP contribution in [0.4, 0.5) is 0 Å². The van der Waals surface area contributed by atoms with E-state index in [0.717, 1.165) is 5.52 Å². The summed E-state index contributed by atoms with van der Waals surface area (Å²) >= 11 is 1.43. The van der Waals surface area contributed by atoms with Crippen molar-refractivity contribution in [1.29, 1.82) is 0 Å². The molecule has 4 aromatic rings. The molecule has 23 heavy (non-hydrogen) atoms. The zero-order valence-corrected chi connectivity index (χ0v) is 12.8. The largest absolute Gasteiger partial charge is 0.478 e. The van der Waals surface area contributed by atoms with Crippen LogP contribution in [0.5, 0.6) is 0 Å². The molecule has 2 aromatic carbocycles. The first-order valence-electron chi connectivity index (χ1n) is 6.73. The molecule has 0 spiro atoms. The number of carboxylic acids is 1. The second-order valence-electron chi connectivity index (χ2n) is 4.87. The third kappa shape index (κ3) is 2.35. The van der Waals surface area contributed by atoms with Gasteiger partial charge in [0, 0.05) is 11.6 Å². The molecule has 7 heteroatoms. The van der Waals surface area contributed by atoms with Gasteiger partial charge in [0.15, 0.2) is 11.2 Å². The molecule has 1 N–H and O–H groups in total. The van der Waals surface area contributed by atoms with E-state index < -0.39 is 5.97 Å². The molecule has 0 aliphatic heterocycles. The molecular weight excluding hydrogens is 316 g/mol. The summed E-state index contributed by atoms with van der Waals surface area (Å²) in [6, 6.07) is 9.95. The summed E-state index contributed by atoms with van der Waals surface area (Å²) in [6.45, 7) is 0. The Morgan fingerprint density at radius 2 is 1.74 bits per heavy atom. The van der Waals surface area contributed by atoms with Crippen molar-refractivity contribution >= 4 is 39.9 Å². The van der Waals surface area contributed by atoms with Gasteiger partial charge in [0.25, 0.3) is 5.22 Å². The number of carbonyl (C=O) groups is 1. The van der Waals surface area contributed by atoms with Gasteiger partial charge in [0.05, 0.1) is 5.56 Å². The van der Waals surface area contributed by atoms with Crippen LogP contribution in [0.3, 0.4) is 0 Å². The van der Waals surface area contributed by atoms with E-state index in [2.05, 4.69) is 9.97 Å². The predicted octanol–water partition coefficient (Wildman–Crippen LogP) is 4.06. The van der Waals surface area contributed by atoms with Gasteiger partial charge in [-0.15, -0.1) is 0 Å². The lowest BCUT2D eigenvalue weighted by Crippen LogP contribution is -1.94. The third-order valence-corrected chi connectivity index (χ3v) is 3.96. The van der Waals surface area contributed by atoms with Crippen LogP contribution in [0.25, 0.3) is 33.7 Å². The second kappa shape index (κ2) is 5.13. The normalized spacial score (nSPS) is 11.3. The van der Waals surface area contributed by atoms with E-state index in [9.17, 15) is 4.79 Å². The highest BCUT2D eigenvalue weighted by Gasteiger charge is 2.13. The minimum Gasteiger partial charge on any atom is -0.478 e. The topological polar surface area (TPSA) is 89.4 Å². The lowest BCUT2D eigenvalue weighted by molar-refractivity contribution is 0.0697. The first kappa shape index (κ1) is 13.8. The van der Waals surface area contributed by atoms with Gasteiger partial charge in [-0.2, -0.15) is 0 Å². The molecule has 0 saturated heterocycles. The van der Waals surface area contributed by atoms with Crippen molar-refractivity contribution in [3.63, 3.8) is 0 Å². The Labute approximate surface area is 134 Å². The van der Waals surface area contributed by atoms with Crippen LogP contribution in [0, 0.1) is 0 Å². The number of thioether (sulfide) groups is 1. The van der Waals surface area contributed by atoms with Crippen LogP contribution in [0.15, 0.2) is 50.5 Å². The average Bonchev–Trinajstić information content (AvgIpc) is 3.14. The Morgan fingerprint density at radius 1 is 1.04 bits per heavy atom. The maximum atomic E-state index is 10.9. The molecule has 0 amide bonds. The fourth-order valence-corrected chi connectivity index (χ4v) is 2.66. The average molecular weight is 326 g/mol. The highest BCUT2D eigenvalue weighted by molar-refractivity contribution is 7.98. The molecule has 0 atom stereocenters. The van der Waals surface area contributed by atoms with Crippen LogP contribution < -0.4 is 0 Å². The second-order valence-corrected chi connectivity index (χ2v) is 5.63. The van der Waals surface area contributed by atoms with Gasteiger partial charge in [0.2, 0.25) is 5.89 Å². The van der Waals surface area contributed by atoms with Crippen LogP contribution in [0.1, 0.15) is 10.4 Å². The van der Waals surface area contributed by atoms with Crippen molar-refractivity contribution in [3.05, 3.63) is 42.0 Å². The van der Waals surface area contributed by atoms with E-state index in [-0.39, 0.29) is 5.56 Å². The number of aromatic carboxylic acids is 1. The van der Waals surface area contributed by atoms with Crippen LogP contribution in [-0.2, 0) is 0 Å². The number of hydrogen-bond acceptors (Lipinski definition) is 6. The number of benzene rings is 2. The number of aromatic nitrogens is 2. The standard InChI is InChI=1S/C16H10N2O4S/c1-23-16-18-11-6-10-12(7-13(11)22-16)21-14(17-10)8-2-4-9(5-3-8)15(19)20/h2-7H,1H3,(H,19,20). The maximum Gasteiger partial charge on any atom is 0.335 e. The first-order chi connectivity index (χ1) is 11.1. The van der Waals surface area contributed by atoms with Crippen molar-refractivity contribution in [3.8, 4) is 11.5 Å². The summed E-state index contributed by atoms with van der Waals surface area (Å²) in [5.41, 5.74) is 3.57. The number of fused-ring (bicyclic) bond motifs is 2. The quantitative estimate of drug-likeness (QED) is 0.568. The minimum atomic E-state index is -0.967. The molecule has 4 rings (SSSR count). The smallest absolute Gasteiger partial charge is 0.335 e. The molecule has 0 saturated carbocycles. The number of oxazole rings is 2. The Balaban J connectivity index is 1.80. The number of rotatable bonds is 3. The SMILES string of the molecule is CSc1nc2cc3nc(-c4ccc(C(=O)O)cc4)oc3cc2o1. The summed E-state index contributed by atoms with van der Waals surface area (Å²) < 4.78 is 11.3. The van der Waals surface area contributed by atoms with E-state index >= 15 is 0 Å². The Morgan fingerprint density at radius 3 is 2.43 bits per heavy atom. The van der Waals surface area contributed by atoms with Crippen LogP contribution in [0.2, 0.25) is 0 Å². The molecule has 0 bridgehead atoms. The summed E-state index contributed by atoms with van der Waals surface area (Å²) in [5, 5.41) is 9.52. The van der Waals surface area contributed by atoms with Gasteiger partial charge in [-0.1, -0.05) is 11.8 Å². The predicted molar refractivity (Wildman–Crippen MR) is 85.8 cm³/mol. The molecule has 0 radical (unpaired) electrons. The number of hydrogen-bond donors (Lipinski definition) is 1. The van der Waals surface area contributed by atoms with Gasteiger partial charge in [-0.3, -0.25) is 0 Å². The fraction of sp³-hybridized carbons (Fsp3) is 0.0625. The fourth-order valence-electron chi connectivity index (χ4n) is 2.29. The summed E-state index contributed by atoms with van der Waals surface area (Å²) in [6.07, 6.45) is 1.89. The van der Waals surface area contributed by atoms with Crippen molar-refractivity contribution in [2.45, 2.75) is 5.22 Å². The number of nitrogens with zero attached hydrogens (tertiary/aromatic N) is 2. The van der Waals surface area contributed by atoms with Gasteiger partial charge < -0.3 is 13.9 Å². The van der Waals surface area contributed by atoms with Gasteiger partial charge in [-0.05, 0) is 36.6 Å². The van der Waals surface area contributed by atoms with E-state index in [0.29, 0.717) is 33.4 Å². The molecule has 0 unspecified atom stereocenters. The Bertz CT molecular complexity index is 983. The monoisotopic (exact) mass is 326 g/mol. The molecule has 6 nitrogen and oxygen atoms in total. The van der Waals surface area contributed by atoms with Gasteiger partial charge in [0.1, 0.15) is 11.0 Å². The van der Waals surface area contributed by atoms with Crippen molar-refractivity contribution in [1.82, 2.24) is 9.97 Å². The van der Waals surface area contributed by atoms with E-state index in [1.165, 1.54) is 23.9 Å². The molecule has 0 aliphatic rings. The molecule has 2 aromatic heterocycles. The summed E-state index contributed by atoms with van der Waals surface area (Å²) in [4.78, 5) is 19.7. The van der Waals surface area contributed by atoms with Crippen molar-refractivity contribution in [2.75, 3.05) is 6.26 Å². The van der Waals surface area contributed by atoms with E-state index in [1.807, 2.05) is 12.3 Å². The third-order valence-electron chi connectivity index (χ3n) is 3.43. The van der Waals surface area contributed by atoms with E-state index in [4.69, 9.17) is 13.9 Å². The Kier molecular flexibility index (Phi) is 3.09. The van der Waals surface area contributed by atoms with Crippen molar-refractivity contribution < 1.29 is 18.7 Å². The van der Waals surface area contributed by atoms with Gasteiger partial charge >= 0.3 is 5.97 Å². The highest BCUT2D eigenvalue weighted by Crippen LogP contribution is 2.29. The molecule has 114 valence electrons. The van der Waals surface area contributed by atoms with Crippen LogP contribution >= 0.6 is 11.8 Å². The maximum absolute atomic E-state index is 10.9. The molecule has 0 fully saturated rings. The minimum absolute atomic E-state index is 0.219. The van der Waals surface area contributed by atoms with Crippen molar-refractivity contribution in [2.24, 2.45) is 0 Å². The summed E-state index contributed by atoms with van der Waals surface area (Å²) in [5.74, 6) is -0.542. The lowest BCUT2D eigenvalue weighted by Gasteiger charge is -1.96. The molecule has 2 heterocycles. The number of carboxylic acid groups (broad SMARTS) is 1. The zero-order chi connectivity index (χ0) is 16.0.